The summed E-state index contributed by atoms with van der Waals surface area (Å²) in [5.74, 6) is 0.0224. The van der Waals surface area contributed by atoms with Gasteiger partial charge in [-0.15, -0.1) is 0 Å². The molecular formula is C24H18FN3O3S. The van der Waals surface area contributed by atoms with E-state index >= 15 is 0 Å². The number of hydrogen-bond acceptors (Lipinski definition) is 6. The monoisotopic (exact) mass is 447 g/mol. The third kappa shape index (κ3) is 3.80. The number of rotatable bonds is 6. The Morgan fingerprint density at radius 2 is 2.06 bits per heavy atom. The van der Waals surface area contributed by atoms with Crippen molar-refractivity contribution in [3.05, 3.63) is 84.1 Å². The molecule has 0 fully saturated rings. The molecule has 0 atom stereocenters. The molecule has 5 aromatic rings. The van der Waals surface area contributed by atoms with Gasteiger partial charge < -0.3 is 9.15 Å². The SMILES string of the molecule is CCOc1cccc2cc(C(=O)N(Cc3ccccn3)c3nc4ccc(F)cc4s3)oc12. The second kappa shape index (κ2) is 8.39. The van der Waals surface area contributed by atoms with Crippen LogP contribution in [0.25, 0.3) is 21.2 Å². The van der Waals surface area contributed by atoms with Crippen molar-refractivity contribution in [3.8, 4) is 5.75 Å². The van der Waals surface area contributed by atoms with Crippen LogP contribution < -0.4 is 9.64 Å². The van der Waals surface area contributed by atoms with Crippen LogP contribution in [0.2, 0.25) is 0 Å². The Morgan fingerprint density at radius 1 is 1.16 bits per heavy atom. The van der Waals surface area contributed by atoms with Gasteiger partial charge in [0.2, 0.25) is 0 Å². The molecule has 0 aliphatic carbocycles. The van der Waals surface area contributed by atoms with Crippen LogP contribution in [0.3, 0.4) is 0 Å². The van der Waals surface area contributed by atoms with Crippen molar-refractivity contribution >= 4 is 43.6 Å². The molecule has 8 heteroatoms. The fraction of sp³-hybridized carbons (Fsp3) is 0.125. The average Bonchev–Trinajstić information content (AvgIpc) is 3.42. The number of carbonyl (C=O) groups excluding carboxylic acids is 1. The molecule has 0 saturated carbocycles. The standard InChI is InChI=1S/C24H18FN3O3S/c1-2-30-19-8-5-6-15-12-20(31-22(15)19)23(29)28(14-17-7-3-4-11-26-17)24-27-18-10-9-16(25)13-21(18)32-24/h3-13H,2,14H2,1H3. The predicted molar refractivity (Wildman–Crippen MR) is 122 cm³/mol. The minimum Gasteiger partial charge on any atom is -0.490 e. The van der Waals surface area contributed by atoms with Gasteiger partial charge in [0, 0.05) is 11.6 Å². The van der Waals surface area contributed by atoms with Crippen LogP contribution in [0.15, 0.2) is 71.3 Å². The highest BCUT2D eigenvalue weighted by atomic mass is 32.1. The van der Waals surface area contributed by atoms with Crippen LogP contribution in [0.4, 0.5) is 9.52 Å². The van der Waals surface area contributed by atoms with E-state index in [2.05, 4.69) is 9.97 Å². The molecule has 3 aromatic heterocycles. The number of para-hydroxylation sites is 1. The highest BCUT2D eigenvalue weighted by Gasteiger charge is 2.26. The van der Waals surface area contributed by atoms with Crippen LogP contribution in [0.1, 0.15) is 23.2 Å². The smallest absolute Gasteiger partial charge is 0.296 e. The molecule has 0 aliphatic heterocycles. The number of amides is 1. The molecule has 32 heavy (non-hydrogen) atoms. The van der Waals surface area contributed by atoms with Crippen LogP contribution >= 0.6 is 11.3 Å². The first-order chi connectivity index (χ1) is 15.6. The van der Waals surface area contributed by atoms with Crippen molar-refractivity contribution in [1.82, 2.24) is 9.97 Å². The summed E-state index contributed by atoms with van der Waals surface area (Å²) in [6.07, 6.45) is 1.67. The lowest BCUT2D eigenvalue weighted by molar-refractivity contribution is 0.0960. The Hall–Kier alpha value is -3.78. The topological polar surface area (TPSA) is 68.5 Å². The number of halogens is 1. The van der Waals surface area contributed by atoms with Crippen molar-refractivity contribution < 1.29 is 18.3 Å². The molecule has 1 amide bonds. The second-order valence-corrected chi connectivity index (χ2v) is 8.05. The molecule has 3 heterocycles. The average molecular weight is 447 g/mol. The third-order valence-corrected chi connectivity index (χ3v) is 5.92. The third-order valence-electron chi connectivity index (χ3n) is 4.88. The quantitative estimate of drug-likeness (QED) is 0.328. The van der Waals surface area contributed by atoms with Gasteiger partial charge in [-0.1, -0.05) is 29.5 Å². The zero-order chi connectivity index (χ0) is 22.1. The highest BCUT2D eigenvalue weighted by molar-refractivity contribution is 7.22. The number of nitrogens with zero attached hydrogens (tertiary/aromatic N) is 3. The molecule has 0 unspecified atom stereocenters. The molecule has 0 N–H and O–H groups in total. The van der Waals surface area contributed by atoms with Crippen molar-refractivity contribution in [1.29, 1.82) is 0 Å². The maximum atomic E-state index is 13.7. The summed E-state index contributed by atoms with van der Waals surface area (Å²) in [6, 6.07) is 17.1. The number of fused-ring (bicyclic) bond motifs is 2. The molecular weight excluding hydrogens is 429 g/mol. The lowest BCUT2D eigenvalue weighted by atomic mass is 10.2. The van der Waals surface area contributed by atoms with Crippen molar-refractivity contribution in [3.63, 3.8) is 0 Å². The summed E-state index contributed by atoms with van der Waals surface area (Å²) in [7, 11) is 0. The molecule has 0 spiro atoms. The predicted octanol–water partition coefficient (Wildman–Crippen LogP) is 5.82. The summed E-state index contributed by atoms with van der Waals surface area (Å²) >= 11 is 1.24. The van der Waals surface area contributed by atoms with Crippen LogP contribution in [-0.4, -0.2) is 22.5 Å². The van der Waals surface area contributed by atoms with E-state index < -0.39 is 0 Å². The van der Waals surface area contributed by atoms with E-state index in [1.165, 1.54) is 28.4 Å². The van der Waals surface area contributed by atoms with Crippen molar-refractivity contribution in [2.24, 2.45) is 0 Å². The molecule has 0 aliphatic rings. The zero-order valence-electron chi connectivity index (χ0n) is 17.1. The summed E-state index contributed by atoms with van der Waals surface area (Å²) in [6.45, 7) is 2.56. The number of anilines is 1. The van der Waals surface area contributed by atoms with Gasteiger partial charge in [0.05, 0.1) is 29.1 Å². The molecule has 2 aromatic carbocycles. The molecule has 160 valence electrons. The van der Waals surface area contributed by atoms with E-state index in [4.69, 9.17) is 9.15 Å². The van der Waals surface area contributed by atoms with E-state index in [1.54, 1.807) is 24.4 Å². The Labute approximate surface area is 186 Å². The molecule has 0 saturated heterocycles. The molecule has 0 radical (unpaired) electrons. The Bertz CT molecular complexity index is 1410. The zero-order valence-corrected chi connectivity index (χ0v) is 17.9. The Balaban J connectivity index is 1.58. The number of pyridine rings is 1. The van der Waals surface area contributed by atoms with Gasteiger partial charge >= 0.3 is 0 Å². The number of carbonyl (C=O) groups is 1. The van der Waals surface area contributed by atoms with Crippen molar-refractivity contribution in [2.75, 3.05) is 11.5 Å². The van der Waals surface area contributed by atoms with Crippen LogP contribution in [0.5, 0.6) is 5.75 Å². The summed E-state index contributed by atoms with van der Waals surface area (Å²) in [5, 5.41) is 1.20. The number of hydrogen-bond donors (Lipinski definition) is 0. The van der Waals surface area contributed by atoms with Crippen LogP contribution in [-0.2, 0) is 6.54 Å². The summed E-state index contributed by atoms with van der Waals surface area (Å²) in [4.78, 5) is 24.0. The molecule has 0 bridgehead atoms. The first-order valence-electron chi connectivity index (χ1n) is 10.1. The largest absolute Gasteiger partial charge is 0.490 e. The van der Waals surface area contributed by atoms with Gasteiger partial charge in [-0.25, -0.2) is 9.37 Å². The first-order valence-corrected chi connectivity index (χ1v) is 10.9. The number of aromatic nitrogens is 2. The summed E-state index contributed by atoms with van der Waals surface area (Å²) in [5.41, 5.74) is 1.83. The molecule has 5 rings (SSSR count). The highest BCUT2D eigenvalue weighted by Crippen LogP contribution is 2.33. The maximum absolute atomic E-state index is 13.7. The van der Waals surface area contributed by atoms with E-state index in [1.807, 2.05) is 37.3 Å². The minimum atomic E-state index is -0.367. The fourth-order valence-electron chi connectivity index (χ4n) is 3.43. The van der Waals surface area contributed by atoms with Gasteiger partial charge in [0.1, 0.15) is 5.82 Å². The molecule has 6 nitrogen and oxygen atoms in total. The Kier molecular flexibility index (Phi) is 5.28. The first kappa shape index (κ1) is 20.1. The number of furan rings is 1. The van der Waals surface area contributed by atoms with Crippen LogP contribution in [0, 0.1) is 5.82 Å². The number of ether oxygens (including phenoxy) is 1. The normalized spacial score (nSPS) is 11.2. The summed E-state index contributed by atoms with van der Waals surface area (Å²) < 4.78 is 25.9. The Morgan fingerprint density at radius 3 is 2.88 bits per heavy atom. The fourth-order valence-corrected chi connectivity index (χ4v) is 4.41. The van der Waals surface area contributed by atoms with Gasteiger partial charge in [-0.2, -0.15) is 0 Å². The van der Waals surface area contributed by atoms with Gasteiger partial charge in [0.15, 0.2) is 22.2 Å². The number of thiazole rings is 1. The van der Waals surface area contributed by atoms with Gasteiger partial charge in [-0.3, -0.25) is 14.7 Å². The van der Waals surface area contributed by atoms with E-state index in [9.17, 15) is 9.18 Å². The van der Waals surface area contributed by atoms with Gasteiger partial charge in [0.25, 0.3) is 5.91 Å². The lowest BCUT2D eigenvalue weighted by Gasteiger charge is -2.18. The number of benzene rings is 2. The van der Waals surface area contributed by atoms with E-state index in [0.717, 1.165) is 5.39 Å². The lowest BCUT2D eigenvalue weighted by Crippen LogP contribution is -2.30. The van der Waals surface area contributed by atoms with Crippen molar-refractivity contribution in [2.45, 2.75) is 13.5 Å². The van der Waals surface area contributed by atoms with E-state index in [-0.39, 0.29) is 24.0 Å². The van der Waals surface area contributed by atoms with Gasteiger partial charge in [-0.05, 0) is 49.4 Å². The maximum Gasteiger partial charge on any atom is 0.296 e. The van der Waals surface area contributed by atoms with E-state index in [0.29, 0.717) is 39.0 Å². The minimum absolute atomic E-state index is 0.161. The second-order valence-electron chi connectivity index (χ2n) is 7.04.